The number of aryl methyl sites for hydroxylation is 2. The van der Waals surface area contributed by atoms with E-state index in [0.717, 1.165) is 30.2 Å². The van der Waals surface area contributed by atoms with Gasteiger partial charge in [-0.25, -0.2) is 0 Å². The number of ether oxygens (including phenoxy) is 1. The zero-order valence-corrected chi connectivity index (χ0v) is 17.1. The first-order chi connectivity index (χ1) is 13.0. The third-order valence-electron chi connectivity index (χ3n) is 8.22. The van der Waals surface area contributed by atoms with Crippen molar-refractivity contribution in [1.82, 2.24) is 0 Å². The summed E-state index contributed by atoms with van der Waals surface area (Å²) >= 11 is 0. The van der Waals surface area contributed by atoms with Crippen LogP contribution in [-0.4, -0.2) is 17.7 Å². The van der Waals surface area contributed by atoms with Gasteiger partial charge in [0.1, 0.15) is 5.75 Å². The van der Waals surface area contributed by atoms with E-state index in [-0.39, 0.29) is 11.4 Å². The van der Waals surface area contributed by atoms with Crippen molar-refractivity contribution in [3.05, 3.63) is 28.8 Å². The maximum atomic E-state index is 12.1. The van der Waals surface area contributed by atoms with E-state index in [1.54, 1.807) is 0 Å². The van der Waals surface area contributed by atoms with Crippen LogP contribution >= 0.6 is 0 Å². The van der Waals surface area contributed by atoms with Crippen molar-refractivity contribution in [2.75, 3.05) is 6.61 Å². The van der Waals surface area contributed by atoms with Gasteiger partial charge in [-0.05, 0) is 104 Å². The second kappa shape index (κ2) is 7.14. The van der Waals surface area contributed by atoms with E-state index in [1.807, 2.05) is 13.0 Å². The van der Waals surface area contributed by atoms with Gasteiger partial charge in [0.25, 0.3) is 0 Å². The highest BCUT2D eigenvalue weighted by molar-refractivity contribution is 5.69. The van der Waals surface area contributed by atoms with Gasteiger partial charge in [0.2, 0.25) is 0 Å². The molecule has 27 heavy (non-hydrogen) atoms. The molecular formula is C24H34O3. The molecule has 0 radical (unpaired) electrons. The first-order valence-electron chi connectivity index (χ1n) is 11.0. The summed E-state index contributed by atoms with van der Waals surface area (Å²) in [5.74, 6) is 3.05. The highest BCUT2D eigenvalue weighted by Crippen LogP contribution is 2.63. The molecule has 0 amide bonds. The first-order valence-corrected chi connectivity index (χ1v) is 11.0. The Labute approximate surface area is 163 Å². The molecule has 4 rings (SSSR count). The molecule has 1 aromatic carbocycles. The van der Waals surface area contributed by atoms with E-state index in [0.29, 0.717) is 30.6 Å². The molecule has 1 N–H and O–H groups in total. The van der Waals surface area contributed by atoms with E-state index in [9.17, 15) is 9.90 Å². The van der Waals surface area contributed by atoms with Crippen molar-refractivity contribution in [2.45, 2.75) is 78.1 Å². The number of hydrogen-bond donors (Lipinski definition) is 1. The third kappa shape index (κ3) is 3.07. The van der Waals surface area contributed by atoms with Gasteiger partial charge < -0.3 is 9.84 Å². The van der Waals surface area contributed by atoms with Crippen LogP contribution in [0.25, 0.3) is 0 Å². The number of phenols is 1. The Morgan fingerprint density at radius 3 is 2.78 bits per heavy atom. The first kappa shape index (κ1) is 18.8. The number of carbonyl (C=O) groups excluding carboxylic acids is 1. The maximum absolute atomic E-state index is 12.1. The molecule has 5 atom stereocenters. The lowest BCUT2D eigenvalue weighted by Crippen LogP contribution is -2.42. The summed E-state index contributed by atoms with van der Waals surface area (Å²) in [4.78, 5) is 12.1. The lowest BCUT2D eigenvalue weighted by molar-refractivity contribution is -0.145. The zero-order chi connectivity index (χ0) is 19.2. The summed E-state index contributed by atoms with van der Waals surface area (Å²) in [7, 11) is 0. The molecular weight excluding hydrogens is 336 g/mol. The van der Waals surface area contributed by atoms with Crippen LogP contribution in [0.1, 0.15) is 81.9 Å². The minimum atomic E-state index is -0.0106. The second-order valence-corrected chi connectivity index (χ2v) is 9.28. The molecule has 0 heterocycles. The highest BCUT2D eigenvalue weighted by Gasteiger charge is 2.55. The molecule has 0 spiro atoms. The van der Waals surface area contributed by atoms with Crippen LogP contribution < -0.4 is 0 Å². The predicted octanol–water partition coefficient (Wildman–Crippen LogP) is 5.38. The molecule has 3 aliphatic carbocycles. The van der Waals surface area contributed by atoms with Gasteiger partial charge in [-0.1, -0.05) is 19.9 Å². The monoisotopic (exact) mass is 370 g/mol. The molecule has 0 aliphatic heterocycles. The average molecular weight is 371 g/mol. The summed E-state index contributed by atoms with van der Waals surface area (Å²) in [6.45, 7) is 6.95. The van der Waals surface area contributed by atoms with Crippen LogP contribution in [0.4, 0.5) is 0 Å². The van der Waals surface area contributed by atoms with E-state index in [2.05, 4.69) is 19.9 Å². The van der Waals surface area contributed by atoms with E-state index < -0.39 is 0 Å². The minimum Gasteiger partial charge on any atom is -0.508 e. The highest BCUT2D eigenvalue weighted by atomic mass is 16.5. The Kier molecular flexibility index (Phi) is 4.98. The average Bonchev–Trinajstić information content (AvgIpc) is 2.97. The second-order valence-electron chi connectivity index (χ2n) is 9.28. The van der Waals surface area contributed by atoms with E-state index >= 15 is 0 Å². The molecule has 3 aliphatic rings. The summed E-state index contributed by atoms with van der Waals surface area (Å²) in [5, 5.41) is 10.3. The molecule has 148 valence electrons. The Morgan fingerprint density at radius 2 is 2.04 bits per heavy atom. The molecule has 3 nitrogen and oxygen atoms in total. The molecule has 1 aromatic rings. The topological polar surface area (TPSA) is 46.5 Å². The normalized spacial score (nSPS) is 34.5. The van der Waals surface area contributed by atoms with Gasteiger partial charge in [-0.2, -0.15) is 0 Å². The van der Waals surface area contributed by atoms with Crippen molar-refractivity contribution < 1.29 is 14.6 Å². The van der Waals surface area contributed by atoms with Gasteiger partial charge in [-0.3, -0.25) is 4.79 Å². The van der Waals surface area contributed by atoms with Crippen molar-refractivity contribution >= 4 is 5.97 Å². The van der Waals surface area contributed by atoms with Crippen LogP contribution in [0, 0.1) is 23.2 Å². The van der Waals surface area contributed by atoms with Crippen molar-refractivity contribution in [2.24, 2.45) is 23.2 Å². The van der Waals surface area contributed by atoms with Gasteiger partial charge in [0, 0.05) is 6.42 Å². The number of carbonyl (C=O) groups is 1. The smallest absolute Gasteiger partial charge is 0.306 e. The fourth-order valence-electron chi connectivity index (χ4n) is 6.80. The number of benzene rings is 1. The standard InChI is InChI=1S/C24H34O3/c1-4-15-12-20-16(13-22(15)25)6-8-19-18(20)10-11-24(3)17(7-9-21(19)24)14-23(26)27-5-2/h12-13,17-19,21,25H,4-11,14H2,1-3H3/t17-,18?,19?,21?,24-/m1/s1. The largest absolute Gasteiger partial charge is 0.508 e. The summed E-state index contributed by atoms with van der Waals surface area (Å²) in [6.07, 6.45) is 8.67. The third-order valence-corrected chi connectivity index (χ3v) is 8.22. The maximum Gasteiger partial charge on any atom is 0.306 e. The summed E-state index contributed by atoms with van der Waals surface area (Å²) < 4.78 is 5.26. The van der Waals surface area contributed by atoms with Crippen molar-refractivity contribution in [3.8, 4) is 5.75 Å². The van der Waals surface area contributed by atoms with Crippen molar-refractivity contribution in [1.29, 1.82) is 0 Å². The Morgan fingerprint density at radius 1 is 1.22 bits per heavy atom. The fourth-order valence-corrected chi connectivity index (χ4v) is 6.80. The lowest BCUT2D eigenvalue weighted by Gasteiger charge is -2.51. The van der Waals surface area contributed by atoms with Crippen LogP contribution in [0.2, 0.25) is 0 Å². The van der Waals surface area contributed by atoms with E-state index in [4.69, 9.17) is 4.74 Å². The fraction of sp³-hybridized carbons (Fsp3) is 0.708. The van der Waals surface area contributed by atoms with Crippen LogP contribution in [0.5, 0.6) is 5.75 Å². The van der Waals surface area contributed by atoms with Gasteiger partial charge in [0.05, 0.1) is 6.61 Å². The number of aromatic hydroxyl groups is 1. The van der Waals surface area contributed by atoms with Crippen LogP contribution in [0.3, 0.4) is 0 Å². The molecule has 0 aromatic heterocycles. The molecule has 3 heteroatoms. The Balaban J connectivity index is 1.58. The number of rotatable bonds is 4. The summed E-state index contributed by atoms with van der Waals surface area (Å²) in [5.41, 5.74) is 4.26. The van der Waals surface area contributed by atoms with Gasteiger partial charge in [-0.15, -0.1) is 0 Å². The number of fused-ring (bicyclic) bond motifs is 5. The number of phenolic OH excluding ortho intramolecular Hbond substituents is 1. The van der Waals surface area contributed by atoms with Crippen molar-refractivity contribution in [3.63, 3.8) is 0 Å². The quantitative estimate of drug-likeness (QED) is 0.724. The van der Waals surface area contributed by atoms with Crippen LogP contribution in [0.15, 0.2) is 12.1 Å². The van der Waals surface area contributed by atoms with Gasteiger partial charge in [0.15, 0.2) is 0 Å². The van der Waals surface area contributed by atoms with Gasteiger partial charge >= 0.3 is 5.97 Å². The number of hydrogen-bond acceptors (Lipinski definition) is 3. The predicted molar refractivity (Wildman–Crippen MR) is 107 cm³/mol. The Bertz CT molecular complexity index is 725. The molecule has 2 saturated carbocycles. The molecule has 3 unspecified atom stereocenters. The zero-order valence-electron chi connectivity index (χ0n) is 17.1. The van der Waals surface area contributed by atoms with Crippen LogP contribution in [-0.2, 0) is 22.4 Å². The lowest BCUT2D eigenvalue weighted by atomic mass is 9.54. The number of esters is 1. The van der Waals surface area contributed by atoms with E-state index in [1.165, 1.54) is 43.2 Å². The molecule has 0 bridgehead atoms. The summed E-state index contributed by atoms with van der Waals surface area (Å²) in [6, 6.07) is 4.34. The SMILES string of the molecule is CCOC(=O)C[C@H]1CCC2C3CCc4cc(O)c(CC)cc4C3CC[C@@]21C. The molecule has 2 fully saturated rings. The minimum absolute atomic E-state index is 0.0106. The Hall–Kier alpha value is -1.51. The molecule has 0 saturated heterocycles.